The summed E-state index contributed by atoms with van der Waals surface area (Å²) in [4.78, 5) is 15.1. The second-order valence-corrected chi connectivity index (χ2v) is 4.12. The maximum absolute atomic E-state index is 12.4. The van der Waals surface area contributed by atoms with Crippen molar-refractivity contribution in [3.8, 4) is 5.75 Å². The third-order valence-corrected chi connectivity index (χ3v) is 2.64. The van der Waals surface area contributed by atoms with Gasteiger partial charge in [0.2, 0.25) is 0 Å². The summed E-state index contributed by atoms with van der Waals surface area (Å²) in [5, 5.41) is 2.55. The van der Waals surface area contributed by atoms with Crippen LogP contribution in [-0.2, 0) is 6.18 Å². The number of amides is 1. The van der Waals surface area contributed by atoms with Crippen LogP contribution >= 0.6 is 0 Å². The number of ether oxygens (including phenoxy) is 1. The first-order valence-corrected chi connectivity index (χ1v) is 5.89. The van der Waals surface area contributed by atoms with Crippen LogP contribution in [0, 0.1) is 0 Å². The minimum atomic E-state index is -4.53. The van der Waals surface area contributed by atoms with E-state index >= 15 is 0 Å². The van der Waals surface area contributed by atoms with Gasteiger partial charge in [-0.2, -0.15) is 13.2 Å². The first kappa shape index (κ1) is 14.8. The van der Waals surface area contributed by atoms with Crippen LogP contribution in [0.3, 0.4) is 0 Å². The number of rotatable bonds is 3. The van der Waals surface area contributed by atoms with Crippen molar-refractivity contribution in [2.45, 2.75) is 6.18 Å². The Balaban J connectivity index is 2.13. The summed E-state index contributed by atoms with van der Waals surface area (Å²) in [5.41, 5.74) is -0.537. The number of hydrogen-bond acceptors (Lipinski definition) is 3. The highest BCUT2D eigenvalue weighted by molar-refractivity contribution is 6.04. The fourth-order valence-electron chi connectivity index (χ4n) is 1.60. The van der Waals surface area contributed by atoms with Crippen LogP contribution in [0.2, 0.25) is 0 Å². The second-order valence-electron chi connectivity index (χ2n) is 4.12. The van der Waals surface area contributed by atoms with Crippen LogP contribution in [0.5, 0.6) is 5.75 Å². The van der Waals surface area contributed by atoms with Crippen molar-refractivity contribution in [1.82, 2.24) is 4.98 Å². The highest BCUT2D eigenvalue weighted by Crippen LogP contribution is 2.27. The lowest BCUT2D eigenvalue weighted by molar-refractivity contribution is -0.141. The van der Waals surface area contributed by atoms with Crippen molar-refractivity contribution in [1.29, 1.82) is 0 Å². The van der Waals surface area contributed by atoms with E-state index < -0.39 is 17.8 Å². The smallest absolute Gasteiger partial charge is 0.433 e. The minimum Gasteiger partial charge on any atom is -0.497 e. The molecule has 1 aromatic carbocycles. The highest BCUT2D eigenvalue weighted by atomic mass is 19.4. The van der Waals surface area contributed by atoms with Gasteiger partial charge in [-0.25, -0.2) is 0 Å². The van der Waals surface area contributed by atoms with Crippen molar-refractivity contribution in [2.75, 3.05) is 12.4 Å². The molecule has 7 heteroatoms. The van der Waals surface area contributed by atoms with E-state index in [1.165, 1.54) is 7.11 Å². The summed E-state index contributed by atoms with van der Waals surface area (Å²) < 4.78 is 42.1. The zero-order chi connectivity index (χ0) is 15.5. The van der Waals surface area contributed by atoms with Crippen LogP contribution in [0.1, 0.15) is 16.1 Å². The van der Waals surface area contributed by atoms with E-state index in [0.717, 1.165) is 18.3 Å². The lowest BCUT2D eigenvalue weighted by Crippen LogP contribution is -2.14. The average molecular weight is 296 g/mol. The van der Waals surface area contributed by atoms with Crippen molar-refractivity contribution in [3.63, 3.8) is 0 Å². The molecule has 2 aromatic rings. The van der Waals surface area contributed by atoms with Gasteiger partial charge in [-0.3, -0.25) is 9.78 Å². The van der Waals surface area contributed by atoms with E-state index in [2.05, 4.69) is 10.3 Å². The molecule has 0 aliphatic carbocycles. The molecule has 1 heterocycles. The molecule has 0 atom stereocenters. The van der Waals surface area contributed by atoms with Gasteiger partial charge < -0.3 is 10.1 Å². The molecular weight excluding hydrogens is 285 g/mol. The molecule has 0 radical (unpaired) electrons. The third-order valence-electron chi connectivity index (χ3n) is 2.64. The lowest BCUT2D eigenvalue weighted by Gasteiger charge is -2.08. The second kappa shape index (κ2) is 5.82. The minimum absolute atomic E-state index is 0.0332. The van der Waals surface area contributed by atoms with E-state index in [0.29, 0.717) is 11.4 Å². The Bertz CT molecular complexity index is 639. The number of benzene rings is 1. The topological polar surface area (TPSA) is 51.2 Å². The first-order valence-electron chi connectivity index (χ1n) is 5.89. The van der Waals surface area contributed by atoms with Crippen molar-refractivity contribution < 1.29 is 22.7 Å². The van der Waals surface area contributed by atoms with Crippen LogP contribution in [0.4, 0.5) is 18.9 Å². The number of aromatic nitrogens is 1. The molecule has 4 nitrogen and oxygen atoms in total. The number of anilines is 1. The first-order chi connectivity index (χ1) is 9.90. The molecule has 0 aliphatic rings. The quantitative estimate of drug-likeness (QED) is 0.945. The molecule has 21 heavy (non-hydrogen) atoms. The number of pyridine rings is 1. The normalized spacial score (nSPS) is 11.0. The number of nitrogens with one attached hydrogen (secondary N) is 1. The zero-order valence-corrected chi connectivity index (χ0v) is 10.9. The van der Waals surface area contributed by atoms with Gasteiger partial charge in [-0.15, -0.1) is 0 Å². The predicted molar refractivity (Wildman–Crippen MR) is 70.2 cm³/mol. The summed E-state index contributed by atoms with van der Waals surface area (Å²) in [7, 11) is 1.49. The molecule has 1 amide bonds. The molecule has 1 aromatic heterocycles. The number of halogens is 3. The maximum Gasteiger partial charge on any atom is 0.433 e. The Kier molecular flexibility index (Phi) is 4.11. The van der Waals surface area contributed by atoms with E-state index in [4.69, 9.17) is 4.74 Å². The van der Waals surface area contributed by atoms with Gasteiger partial charge in [0.05, 0.1) is 12.7 Å². The van der Waals surface area contributed by atoms with Crippen molar-refractivity contribution in [3.05, 3.63) is 53.9 Å². The summed E-state index contributed by atoms with van der Waals surface area (Å²) in [6, 6.07) is 8.45. The third kappa shape index (κ3) is 3.71. The Hall–Kier alpha value is -2.57. The van der Waals surface area contributed by atoms with Gasteiger partial charge in [0.15, 0.2) is 0 Å². The maximum atomic E-state index is 12.4. The molecule has 2 rings (SSSR count). The summed E-state index contributed by atoms with van der Waals surface area (Å²) in [6.07, 6.45) is -3.64. The Morgan fingerprint density at radius 1 is 1.24 bits per heavy atom. The van der Waals surface area contributed by atoms with Gasteiger partial charge in [0.1, 0.15) is 11.4 Å². The fraction of sp³-hybridized carbons (Fsp3) is 0.143. The van der Waals surface area contributed by atoms with Crippen molar-refractivity contribution in [2.24, 2.45) is 0 Å². The van der Waals surface area contributed by atoms with Crippen LogP contribution in [-0.4, -0.2) is 18.0 Å². The van der Waals surface area contributed by atoms with Crippen LogP contribution < -0.4 is 10.1 Å². The Labute approximate surface area is 118 Å². The molecule has 0 aliphatic heterocycles. The molecule has 0 bridgehead atoms. The molecule has 0 unspecified atom stereocenters. The molecule has 0 spiro atoms. The molecule has 0 saturated carbocycles. The van der Waals surface area contributed by atoms with E-state index in [-0.39, 0.29) is 5.56 Å². The number of carbonyl (C=O) groups excluding carboxylic acids is 1. The summed E-state index contributed by atoms with van der Waals surface area (Å²) >= 11 is 0. The average Bonchev–Trinajstić information content (AvgIpc) is 2.46. The van der Waals surface area contributed by atoms with Crippen molar-refractivity contribution >= 4 is 11.6 Å². The van der Waals surface area contributed by atoms with Gasteiger partial charge >= 0.3 is 6.18 Å². The molecular formula is C14H11F3N2O2. The SMILES string of the molecule is COc1cccc(NC(=O)c2ccc(C(F)(F)F)nc2)c1. The van der Waals surface area contributed by atoms with E-state index in [1.807, 2.05) is 0 Å². The Morgan fingerprint density at radius 3 is 2.57 bits per heavy atom. The molecule has 110 valence electrons. The van der Waals surface area contributed by atoms with Gasteiger partial charge in [0.25, 0.3) is 5.91 Å². The summed E-state index contributed by atoms with van der Waals surface area (Å²) in [6.45, 7) is 0. The number of hydrogen-bond donors (Lipinski definition) is 1. The molecule has 0 saturated heterocycles. The Morgan fingerprint density at radius 2 is 2.00 bits per heavy atom. The highest BCUT2D eigenvalue weighted by Gasteiger charge is 2.32. The fourth-order valence-corrected chi connectivity index (χ4v) is 1.60. The van der Waals surface area contributed by atoms with Crippen LogP contribution in [0.25, 0.3) is 0 Å². The standard InChI is InChI=1S/C14H11F3N2O2/c1-21-11-4-2-3-10(7-11)19-13(20)9-5-6-12(18-8-9)14(15,16)17/h2-8H,1H3,(H,19,20). The van der Waals surface area contributed by atoms with Gasteiger partial charge in [-0.05, 0) is 24.3 Å². The number of alkyl halides is 3. The number of carbonyl (C=O) groups is 1. The number of nitrogens with zero attached hydrogens (tertiary/aromatic N) is 1. The number of methoxy groups -OCH3 is 1. The molecule has 0 fully saturated rings. The predicted octanol–water partition coefficient (Wildman–Crippen LogP) is 3.36. The zero-order valence-electron chi connectivity index (χ0n) is 10.9. The monoisotopic (exact) mass is 296 g/mol. The van der Waals surface area contributed by atoms with Gasteiger partial charge in [0, 0.05) is 18.0 Å². The molecule has 1 N–H and O–H groups in total. The van der Waals surface area contributed by atoms with Crippen LogP contribution in [0.15, 0.2) is 42.6 Å². The summed E-state index contributed by atoms with van der Waals surface area (Å²) in [5.74, 6) is 0.00261. The largest absolute Gasteiger partial charge is 0.497 e. The van der Waals surface area contributed by atoms with E-state index in [9.17, 15) is 18.0 Å². The lowest BCUT2D eigenvalue weighted by atomic mass is 10.2. The van der Waals surface area contributed by atoms with Gasteiger partial charge in [-0.1, -0.05) is 6.07 Å². The van der Waals surface area contributed by atoms with E-state index in [1.54, 1.807) is 24.3 Å².